The molecule has 0 aromatic carbocycles. The van der Waals surface area contributed by atoms with E-state index in [2.05, 4.69) is 26.0 Å². The van der Waals surface area contributed by atoms with Crippen molar-refractivity contribution in [3.05, 3.63) is 11.6 Å². The van der Waals surface area contributed by atoms with Crippen molar-refractivity contribution in [2.75, 3.05) is 0 Å². The Morgan fingerprint density at radius 1 is 1.22 bits per heavy atom. The lowest BCUT2D eigenvalue weighted by atomic mass is 9.47. The number of fused-ring (bicyclic) bond motifs is 5. The SMILES string of the molecule is C[C@]12CCC(O)CC1=CC[C@@H]1[C@H]2CC[C@]2(C)C(=O)CC(C#N)[C@@H]12. The lowest BCUT2D eigenvalue weighted by Crippen LogP contribution is -2.51. The Balaban J connectivity index is 1.73. The van der Waals surface area contributed by atoms with Crippen LogP contribution < -0.4 is 0 Å². The van der Waals surface area contributed by atoms with Crippen LogP contribution >= 0.6 is 0 Å². The van der Waals surface area contributed by atoms with Gasteiger partial charge in [-0.3, -0.25) is 4.79 Å². The lowest BCUT2D eigenvalue weighted by molar-refractivity contribution is -0.132. The smallest absolute Gasteiger partial charge is 0.140 e. The molecule has 4 aliphatic carbocycles. The van der Waals surface area contributed by atoms with E-state index in [1.807, 2.05) is 0 Å². The Bertz CT molecular complexity index is 618. The molecular weight excluding hydrogens is 286 g/mol. The van der Waals surface area contributed by atoms with Crippen molar-refractivity contribution in [3.63, 3.8) is 0 Å². The van der Waals surface area contributed by atoms with Gasteiger partial charge in [0.25, 0.3) is 0 Å². The van der Waals surface area contributed by atoms with E-state index in [4.69, 9.17) is 0 Å². The van der Waals surface area contributed by atoms with E-state index in [1.54, 1.807) is 0 Å². The van der Waals surface area contributed by atoms with Crippen LogP contribution in [-0.2, 0) is 4.79 Å². The lowest BCUT2D eigenvalue weighted by Gasteiger charge is -2.57. The Kier molecular flexibility index (Phi) is 3.30. The molecule has 0 spiro atoms. The largest absolute Gasteiger partial charge is 0.393 e. The summed E-state index contributed by atoms with van der Waals surface area (Å²) in [5.41, 5.74) is 1.35. The fraction of sp³-hybridized carbons (Fsp3) is 0.800. The number of hydrogen-bond acceptors (Lipinski definition) is 3. The highest BCUT2D eigenvalue weighted by molar-refractivity contribution is 5.88. The van der Waals surface area contributed by atoms with Crippen molar-refractivity contribution in [3.8, 4) is 6.07 Å². The van der Waals surface area contributed by atoms with Gasteiger partial charge in [-0.25, -0.2) is 0 Å². The summed E-state index contributed by atoms with van der Waals surface area (Å²) in [6.45, 7) is 4.50. The Labute approximate surface area is 138 Å². The Morgan fingerprint density at radius 3 is 2.70 bits per heavy atom. The van der Waals surface area contributed by atoms with Crippen molar-refractivity contribution in [2.45, 2.75) is 64.9 Å². The van der Waals surface area contributed by atoms with Crippen LogP contribution in [0.5, 0.6) is 0 Å². The summed E-state index contributed by atoms with van der Waals surface area (Å²) >= 11 is 0. The number of hydrogen-bond donors (Lipinski definition) is 1. The molecule has 0 aromatic heterocycles. The third kappa shape index (κ3) is 1.94. The van der Waals surface area contributed by atoms with Crippen LogP contribution in [0.15, 0.2) is 11.6 Å². The molecule has 0 aliphatic heterocycles. The molecule has 2 unspecified atom stereocenters. The third-order valence-electron chi connectivity index (χ3n) is 7.97. The number of ketones is 1. The fourth-order valence-electron chi connectivity index (χ4n) is 6.65. The van der Waals surface area contributed by atoms with Crippen molar-refractivity contribution in [1.29, 1.82) is 5.26 Å². The molecule has 23 heavy (non-hydrogen) atoms. The monoisotopic (exact) mass is 313 g/mol. The molecule has 4 aliphatic rings. The summed E-state index contributed by atoms with van der Waals surface area (Å²) in [5, 5.41) is 19.6. The number of allylic oxidation sites excluding steroid dienone is 1. The summed E-state index contributed by atoms with van der Waals surface area (Å²) in [6.07, 6.45) is 8.44. The standard InChI is InChI=1S/C20H27NO2/c1-19-7-5-14(22)10-13(19)3-4-15-16(19)6-8-20(2)17(23)9-12(11-21)18(15)20/h3,12,14-16,18,22H,4-10H2,1-2H3/t12?,14?,15-,16-,18+,19+,20-/m1/s1. The van der Waals surface area contributed by atoms with Gasteiger partial charge in [0, 0.05) is 11.8 Å². The molecule has 1 N–H and O–H groups in total. The van der Waals surface area contributed by atoms with Crippen LogP contribution in [0.4, 0.5) is 0 Å². The molecule has 3 heteroatoms. The van der Waals surface area contributed by atoms with Gasteiger partial charge in [0.1, 0.15) is 5.78 Å². The zero-order valence-corrected chi connectivity index (χ0v) is 14.2. The van der Waals surface area contributed by atoms with Crippen LogP contribution in [0.25, 0.3) is 0 Å². The summed E-state index contributed by atoms with van der Waals surface area (Å²) in [4.78, 5) is 12.6. The number of nitriles is 1. The van der Waals surface area contributed by atoms with Gasteiger partial charge < -0.3 is 5.11 Å². The molecule has 0 aromatic rings. The summed E-state index contributed by atoms with van der Waals surface area (Å²) in [5.74, 6) is 1.52. The molecule has 0 heterocycles. The van der Waals surface area contributed by atoms with Gasteiger partial charge in [-0.2, -0.15) is 5.26 Å². The number of nitrogens with zero attached hydrogens (tertiary/aromatic N) is 1. The van der Waals surface area contributed by atoms with Crippen LogP contribution in [0.3, 0.4) is 0 Å². The Morgan fingerprint density at radius 2 is 1.96 bits per heavy atom. The van der Waals surface area contributed by atoms with E-state index in [-0.39, 0.29) is 28.8 Å². The number of carbonyl (C=O) groups excluding carboxylic acids is 1. The van der Waals surface area contributed by atoms with E-state index in [9.17, 15) is 15.2 Å². The first-order valence-electron chi connectivity index (χ1n) is 9.20. The second-order valence-electron chi connectivity index (χ2n) is 8.89. The summed E-state index contributed by atoms with van der Waals surface area (Å²) in [6, 6.07) is 2.46. The van der Waals surface area contributed by atoms with Gasteiger partial charge in [-0.15, -0.1) is 0 Å². The molecular formula is C20H27NO2. The zero-order valence-electron chi connectivity index (χ0n) is 14.2. The summed E-state index contributed by atoms with van der Waals surface area (Å²) < 4.78 is 0. The minimum absolute atomic E-state index is 0.0898. The molecule has 0 saturated heterocycles. The minimum Gasteiger partial charge on any atom is -0.393 e. The van der Waals surface area contributed by atoms with Gasteiger partial charge in [-0.05, 0) is 61.7 Å². The average Bonchev–Trinajstić information content (AvgIpc) is 2.79. The van der Waals surface area contributed by atoms with Gasteiger partial charge >= 0.3 is 0 Å². The van der Waals surface area contributed by atoms with E-state index < -0.39 is 0 Å². The van der Waals surface area contributed by atoms with E-state index >= 15 is 0 Å². The molecule has 124 valence electrons. The maximum Gasteiger partial charge on any atom is 0.140 e. The quantitative estimate of drug-likeness (QED) is 0.695. The molecule has 3 fully saturated rings. The molecule has 3 saturated carbocycles. The maximum absolute atomic E-state index is 12.6. The molecule has 0 radical (unpaired) electrons. The van der Waals surface area contributed by atoms with Gasteiger partial charge in [0.2, 0.25) is 0 Å². The molecule has 4 rings (SSSR count). The number of carbonyl (C=O) groups is 1. The van der Waals surface area contributed by atoms with Crippen molar-refractivity contribution in [2.24, 2.45) is 34.5 Å². The zero-order chi connectivity index (χ0) is 16.4. The van der Waals surface area contributed by atoms with Crippen LogP contribution in [0, 0.1) is 45.8 Å². The first-order chi connectivity index (χ1) is 10.9. The van der Waals surface area contributed by atoms with Crippen molar-refractivity contribution < 1.29 is 9.90 Å². The van der Waals surface area contributed by atoms with Gasteiger partial charge in [0.15, 0.2) is 0 Å². The highest BCUT2D eigenvalue weighted by Crippen LogP contribution is 2.65. The average molecular weight is 313 g/mol. The maximum atomic E-state index is 12.6. The first kappa shape index (κ1) is 15.4. The molecule has 3 nitrogen and oxygen atoms in total. The molecule has 0 bridgehead atoms. The predicted octanol–water partition coefficient (Wildman–Crippen LogP) is 3.63. The fourth-order valence-corrected chi connectivity index (χ4v) is 6.65. The highest BCUT2D eigenvalue weighted by atomic mass is 16.3. The van der Waals surface area contributed by atoms with E-state index in [0.717, 1.165) is 38.5 Å². The number of Topliss-reactive ketones (excluding diaryl/α,β-unsaturated/α-hetero) is 1. The number of aliphatic hydroxyl groups excluding tert-OH is 1. The number of aliphatic hydroxyl groups is 1. The van der Waals surface area contributed by atoms with E-state index in [0.29, 0.717) is 24.0 Å². The molecule has 7 atom stereocenters. The third-order valence-corrected chi connectivity index (χ3v) is 7.97. The van der Waals surface area contributed by atoms with Crippen molar-refractivity contribution in [1.82, 2.24) is 0 Å². The minimum atomic E-state index is -0.266. The second kappa shape index (κ2) is 4.93. The molecule has 0 amide bonds. The van der Waals surface area contributed by atoms with Crippen LogP contribution in [0.2, 0.25) is 0 Å². The highest BCUT2D eigenvalue weighted by Gasteiger charge is 2.61. The second-order valence-corrected chi connectivity index (χ2v) is 8.89. The van der Waals surface area contributed by atoms with Crippen molar-refractivity contribution >= 4 is 5.78 Å². The topological polar surface area (TPSA) is 61.1 Å². The first-order valence-corrected chi connectivity index (χ1v) is 9.20. The van der Waals surface area contributed by atoms with Crippen LogP contribution in [-0.4, -0.2) is 17.0 Å². The van der Waals surface area contributed by atoms with E-state index in [1.165, 1.54) is 5.57 Å². The predicted molar refractivity (Wildman–Crippen MR) is 87.2 cm³/mol. The number of rotatable bonds is 0. The normalized spacial score (nSPS) is 52.0. The Hall–Kier alpha value is -1.14. The summed E-state index contributed by atoms with van der Waals surface area (Å²) in [7, 11) is 0. The van der Waals surface area contributed by atoms with Gasteiger partial charge in [-0.1, -0.05) is 25.5 Å². The van der Waals surface area contributed by atoms with Crippen LogP contribution in [0.1, 0.15) is 58.8 Å². The van der Waals surface area contributed by atoms with Gasteiger partial charge in [0.05, 0.1) is 18.1 Å².